The summed E-state index contributed by atoms with van der Waals surface area (Å²) in [6.07, 6.45) is 4.23. The molecule has 5 aliphatic rings. The van der Waals surface area contributed by atoms with E-state index in [0.29, 0.717) is 30.7 Å². The summed E-state index contributed by atoms with van der Waals surface area (Å²) in [5, 5.41) is 14.1. The molecule has 1 spiro atoms. The van der Waals surface area contributed by atoms with E-state index in [0.717, 1.165) is 63.1 Å². The zero-order valence-corrected chi connectivity index (χ0v) is 27.6. The van der Waals surface area contributed by atoms with Crippen molar-refractivity contribution in [1.82, 2.24) is 20.2 Å². The van der Waals surface area contributed by atoms with Crippen LogP contribution in [0.2, 0.25) is 5.02 Å². The Bertz CT molecular complexity index is 2040. The number of aromatic nitrogens is 2. The van der Waals surface area contributed by atoms with Gasteiger partial charge in [0.05, 0.1) is 32.8 Å². The minimum absolute atomic E-state index is 0.00984. The van der Waals surface area contributed by atoms with Crippen molar-refractivity contribution in [3.8, 4) is 29.0 Å². The van der Waals surface area contributed by atoms with Gasteiger partial charge in [-0.1, -0.05) is 17.7 Å². The molecule has 2 aromatic carbocycles. The number of nitrogen functional groups attached to an aromatic ring is 1. The van der Waals surface area contributed by atoms with Crippen LogP contribution in [0.15, 0.2) is 12.1 Å². The van der Waals surface area contributed by atoms with E-state index >= 15 is 4.39 Å². The fourth-order valence-electron chi connectivity index (χ4n) is 9.05. The van der Waals surface area contributed by atoms with E-state index in [1.54, 1.807) is 0 Å². The van der Waals surface area contributed by atoms with E-state index < -0.39 is 23.3 Å². The highest BCUT2D eigenvalue weighted by molar-refractivity contribution is 7.23. The molecule has 9 rings (SSSR count). The predicted molar refractivity (Wildman–Crippen MR) is 179 cm³/mol. The molecular formula is C34H33ClF3N7O2S. The highest BCUT2D eigenvalue weighted by Crippen LogP contribution is 2.54. The lowest BCUT2D eigenvalue weighted by atomic mass is 9.64. The minimum atomic E-state index is -0.929. The first-order valence-electron chi connectivity index (χ1n) is 16.5. The number of thiophene rings is 1. The number of rotatable bonds is 5. The molecular weight excluding hydrogens is 663 g/mol. The van der Waals surface area contributed by atoms with Gasteiger partial charge in [0, 0.05) is 36.5 Å². The smallest absolute Gasteiger partial charge is 0.319 e. The van der Waals surface area contributed by atoms with Gasteiger partial charge in [-0.2, -0.15) is 15.2 Å². The molecule has 48 heavy (non-hydrogen) atoms. The van der Waals surface area contributed by atoms with Crippen LogP contribution in [-0.4, -0.2) is 78.6 Å². The largest absolute Gasteiger partial charge is 0.489 e. The van der Waals surface area contributed by atoms with Crippen LogP contribution in [0.3, 0.4) is 0 Å². The molecule has 0 amide bonds. The molecule has 1 saturated carbocycles. The Morgan fingerprint density at radius 3 is 2.83 bits per heavy atom. The van der Waals surface area contributed by atoms with E-state index in [4.69, 9.17) is 31.8 Å². The number of nitrogens with one attached hydrogen (secondary N) is 1. The number of nitrogens with two attached hydrogens (primary N) is 1. The average Bonchev–Trinajstić information content (AvgIpc) is 3.80. The molecule has 4 aliphatic heterocycles. The maximum Gasteiger partial charge on any atom is 0.319 e. The number of anilines is 2. The Morgan fingerprint density at radius 2 is 2.04 bits per heavy atom. The molecule has 2 atom stereocenters. The van der Waals surface area contributed by atoms with Crippen molar-refractivity contribution >= 4 is 54.7 Å². The van der Waals surface area contributed by atoms with Gasteiger partial charge in [-0.15, -0.1) is 11.3 Å². The zero-order valence-electron chi connectivity index (χ0n) is 26.1. The van der Waals surface area contributed by atoms with Gasteiger partial charge in [0.2, 0.25) is 0 Å². The van der Waals surface area contributed by atoms with Crippen LogP contribution in [0.4, 0.5) is 24.0 Å². The second-order valence-corrected chi connectivity index (χ2v) is 15.5. The standard InChI is InChI=1S/C34H33ClF3N7O2S/c35-25-23(19-2-3-21(37)29-22(19)20(13-39)30(40)48-29)26(38)27-24-28(25)46-9-8-45(18-11-33(12-18)5-6-41-15-33)31(24)43-32(42-27)47-16-34-4-1-7-44(34)14-17(36)10-34/h2-3,17-18,41H,1,4-12,14-16,40H2/t17-,18?,33?,34+/m1/s1. The fourth-order valence-corrected chi connectivity index (χ4v) is 10.3. The van der Waals surface area contributed by atoms with E-state index in [1.165, 1.54) is 12.1 Å². The van der Waals surface area contributed by atoms with Crippen LogP contribution >= 0.6 is 22.9 Å². The molecule has 4 aromatic rings. The first-order valence-corrected chi connectivity index (χ1v) is 17.7. The van der Waals surface area contributed by atoms with E-state index in [1.807, 2.05) is 0 Å². The van der Waals surface area contributed by atoms with Gasteiger partial charge < -0.3 is 25.4 Å². The highest BCUT2D eigenvalue weighted by Gasteiger charge is 2.51. The topological polar surface area (TPSA) is 113 Å². The number of ether oxygens (including phenoxy) is 2. The quantitative estimate of drug-likeness (QED) is 0.252. The molecule has 6 heterocycles. The third kappa shape index (κ3) is 4.42. The number of benzene rings is 2. The van der Waals surface area contributed by atoms with Gasteiger partial charge in [-0.25, -0.2) is 13.2 Å². The summed E-state index contributed by atoms with van der Waals surface area (Å²) < 4.78 is 59.5. The number of hydrogen-bond donors (Lipinski definition) is 2. The van der Waals surface area contributed by atoms with Crippen molar-refractivity contribution in [2.24, 2.45) is 5.41 Å². The Labute approximate surface area is 283 Å². The minimum Gasteiger partial charge on any atom is -0.489 e. The van der Waals surface area contributed by atoms with Gasteiger partial charge >= 0.3 is 6.01 Å². The average molecular weight is 696 g/mol. The maximum atomic E-state index is 17.2. The lowest BCUT2D eigenvalue weighted by Gasteiger charge is -2.50. The Morgan fingerprint density at radius 1 is 1.19 bits per heavy atom. The number of hydrogen-bond acceptors (Lipinski definition) is 10. The molecule has 9 nitrogen and oxygen atoms in total. The summed E-state index contributed by atoms with van der Waals surface area (Å²) in [7, 11) is 0. The summed E-state index contributed by atoms with van der Waals surface area (Å²) in [5.41, 5.74) is 6.03. The highest BCUT2D eigenvalue weighted by atomic mass is 35.5. The second kappa shape index (κ2) is 11.0. The van der Waals surface area contributed by atoms with Gasteiger partial charge in [0.1, 0.15) is 47.6 Å². The van der Waals surface area contributed by atoms with Crippen LogP contribution in [0.1, 0.15) is 44.1 Å². The van der Waals surface area contributed by atoms with Crippen LogP contribution in [-0.2, 0) is 0 Å². The first kappa shape index (κ1) is 30.5. The van der Waals surface area contributed by atoms with Crippen molar-refractivity contribution in [1.29, 1.82) is 5.26 Å². The van der Waals surface area contributed by atoms with Crippen molar-refractivity contribution in [2.45, 2.75) is 56.3 Å². The molecule has 14 heteroatoms. The molecule has 0 radical (unpaired) electrons. The molecule has 250 valence electrons. The van der Waals surface area contributed by atoms with E-state index in [9.17, 15) is 14.0 Å². The van der Waals surface area contributed by atoms with Gasteiger partial charge in [-0.3, -0.25) is 4.90 Å². The molecule has 3 saturated heterocycles. The molecule has 2 aromatic heterocycles. The van der Waals surface area contributed by atoms with Crippen LogP contribution in [0.25, 0.3) is 32.1 Å². The van der Waals surface area contributed by atoms with Crippen LogP contribution in [0.5, 0.6) is 11.8 Å². The third-order valence-corrected chi connectivity index (χ3v) is 12.7. The normalized spacial score (nSPS) is 28.1. The summed E-state index contributed by atoms with van der Waals surface area (Å²) in [4.78, 5) is 13.9. The zero-order chi connectivity index (χ0) is 32.9. The molecule has 1 aliphatic carbocycles. The SMILES string of the molecule is N#Cc1c(N)sc2c(F)ccc(-c3c(Cl)c4c5c(nc(OC[C@@]67CCCN6C[C@H](F)C7)nc5c3F)N(C3CC5(CCNC5)C3)CCO4)c12. The number of alkyl halides is 1. The molecule has 4 fully saturated rings. The number of fused-ring (bicyclic) bond motifs is 2. The van der Waals surface area contributed by atoms with Crippen molar-refractivity contribution < 1.29 is 22.6 Å². The summed E-state index contributed by atoms with van der Waals surface area (Å²) in [6.45, 7) is 4.08. The molecule has 0 unspecified atom stereocenters. The number of nitriles is 1. The second-order valence-electron chi connectivity index (χ2n) is 14.0. The van der Waals surface area contributed by atoms with Crippen molar-refractivity contribution in [3.63, 3.8) is 0 Å². The van der Waals surface area contributed by atoms with Crippen LogP contribution in [0, 0.1) is 28.4 Å². The third-order valence-electron chi connectivity index (χ3n) is 11.3. The monoisotopic (exact) mass is 695 g/mol. The summed E-state index contributed by atoms with van der Waals surface area (Å²) in [6, 6.07) is 4.81. The Hall–Kier alpha value is -3.57. The lowest BCUT2D eigenvalue weighted by molar-refractivity contribution is 0.107. The maximum absolute atomic E-state index is 17.2. The molecule has 3 N–H and O–H groups in total. The Balaban J connectivity index is 1.22. The fraction of sp³-hybridized carbons (Fsp3) is 0.500. The first-order chi connectivity index (χ1) is 23.2. The Kier molecular flexibility index (Phi) is 6.97. The summed E-state index contributed by atoms with van der Waals surface area (Å²) in [5.74, 6) is -0.639. The molecule has 0 bridgehead atoms. The van der Waals surface area contributed by atoms with Crippen LogP contribution < -0.4 is 25.4 Å². The van der Waals surface area contributed by atoms with Gasteiger partial charge in [-0.05, 0) is 62.2 Å². The number of nitrogens with zero attached hydrogens (tertiary/aromatic N) is 5. The van der Waals surface area contributed by atoms with Crippen molar-refractivity contribution in [3.05, 3.63) is 34.4 Å². The van der Waals surface area contributed by atoms with Crippen molar-refractivity contribution in [2.75, 3.05) is 56.6 Å². The van der Waals surface area contributed by atoms with E-state index in [-0.39, 0.29) is 78.7 Å². The summed E-state index contributed by atoms with van der Waals surface area (Å²) >= 11 is 7.98. The predicted octanol–water partition coefficient (Wildman–Crippen LogP) is 6.19. The lowest BCUT2D eigenvalue weighted by Crippen LogP contribution is -2.53. The van der Waals surface area contributed by atoms with Gasteiger partial charge in [0.25, 0.3) is 0 Å². The van der Waals surface area contributed by atoms with E-state index in [2.05, 4.69) is 26.2 Å². The van der Waals surface area contributed by atoms with Gasteiger partial charge in [0.15, 0.2) is 11.6 Å². The number of halogens is 4.